The molecule has 5 rings (SSSR count). The van der Waals surface area contributed by atoms with Gasteiger partial charge in [-0.1, -0.05) is 74.0 Å². The van der Waals surface area contributed by atoms with Crippen LogP contribution in [0.4, 0.5) is 0 Å². The molecule has 170 valence electrons. The summed E-state index contributed by atoms with van der Waals surface area (Å²) in [6.45, 7) is 2.92. The lowest BCUT2D eigenvalue weighted by Gasteiger charge is -2.13. The number of fused-ring (bicyclic) bond motifs is 1. The Kier molecular flexibility index (Phi) is 5.91. The number of carboxylic acids is 1. The first-order chi connectivity index (χ1) is 16.7. The van der Waals surface area contributed by atoms with Crippen molar-refractivity contribution in [1.82, 2.24) is 25.2 Å². The number of carbonyl (C=O) groups is 1. The Labute approximate surface area is 197 Å². The number of nitrogens with zero attached hydrogens (tertiary/aromatic N) is 4. The predicted octanol–water partition coefficient (Wildman–Crippen LogP) is 5.58. The van der Waals surface area contributed by atoms with Gasteiger partial charge in [0, 0.05) is 35.1 Å². The van der Waals surface area contributed by atoms with Crippen LogP contribution >= 0.6 is 0 Å². The van der Waals surface area contributed by atoms with Gasteiger partial charge in [-0.15, -0.1) is 10.2 Å². The number of benzene rings is 3. The smallest absolute Gasteiger partial charge is 0.338 e. The first-order valence-electron chi connectivity index (χ1n) is 11.4. The number of H-pyrrole nitrogens is 1. The summed E-state index contributed by atoms with van der Waals surface area (Å²) in [7, 11) is 0. The molecule has 0 aliphatic carbocycles. The van der Waals surface area contributed by atoms with E-state index < -0.39 is 5.97 Å². The molecule has 0 radical (unpaired) electrons. The minimum atomic E-state index is -0.902. The van der Waals surface area contributed by atoms with Gasteiger partial charge in [0.1, 0.15) is 0 Å². The van der Waals surface area contributed by atoms with Gasteiger partial charge in [-0.2, -0.15) is 5.21 Å². The highest BCUT2D eigenvalue weighted by atomic mass is 16.4. The minimum absolute atomic E-state index is 0.375. The molecule has 0 spiro atoms. The zero-order valence-electron chi connectivity index (χ0n) is 18.9. The molecule has 5 aromatic rings. The number of unbranched alkanes of at least 4 members (excludes halogenated alkanes) is 1. The SMILES string of the molecule is CCCCn1c(Cc2ccc(-c3ccccc3)c(-c3nn[nH]n3)c2)c(C(=O)O)c2ccccc21. The van der Waals surface area contributed by atoms with Crippen molar-refractivity contribution in [3.63, 3.8) is 0 Å². The van der Waals surface area contributed by atoms with Crippen molar-refractivity contribution < 1.29 is 9.90 Å². The third-order valence-electron chi connectivity index (χ3n) is 6.15. The summed E-state index contributed by atoms with van der Waals surface area (Å²) in [5.74, 6) is -0.397. The Bertz CT molecular complexity index is 1440. The highest BCUT2D eigenvalue weighted by molar-refractivity contribution is 6.05. The van der Waals surface area contributed by atoms with E-state index in [4.69, 9.17) is 0 Å². The van der Waals surface area contributed by atoms with Crippen molar-refractivity contribution in [3.8, 4) is 22.5 Å². The fourth-order valence-corrected chi connectivity index (χ4v) is 4.58. The van der Waals surface area contributed by atoms with Crippen LogP contribution in [0, 0.1) is 0 Å². The van der Waals surface area contributed by atoms with Crippen molar-refractivity contribution in [3.05, 3.63) is 89.6 Å². The topological polar surface area (TPSA) is 96.7 Å². The zero-order valence-corrected chi connectivity index (χ0v) is 18.9. The van der Waals surface area contributed by atoms with Crippen LogP contribution in [0.2, 0.25) is 0 Å². The van der Waals surface area contributed by atoms with Crippen LogP contribution < -0.4 is 0 Å². The standard InChI is InChI=1S/C27H25N5O2/c1-2-3-15-32-23-12-8-7-11-21(23)25(27(33)34)24(32)17-18-13-14-20(19-9-5-4-6-10-19)22(16-18)26-28-30-31-29-26/h4-14,16H,2-3,15,17H2,1H3,(H,33,34)(H,28,29,30,31). The minimum Gasteiger partial charge on any atom is -0.478 e. The highest BCUT2D eigenvalue weighted by Crippen LogP contribution is 2.33. The number of aromatic amines is 1. The number of tetrazole rings is 1. The number of aromatic carboxylic acids is 1. The Hall–Kier alpha value is -4.26. The van der Waals surface area contributed by atoms with E-state index >= 15 is 0 Å². The molecule has 0 saturated heterocycles. The molecule has 2 heterocycles. The molecular weight excluding hydrogens is 426 g/mol. The maximum atomic E-state index is 12.4. The molecule has 7 nitrogen and oxygen atoms in total. The van der Waals surface area contributed by atoms with Gasteiger partial charge in [-0.3, -0.25) is 0 Å². The molecule has 0 atom stereocenters. The lowest BCUT2D eigenvalue weighted by atomic mass is 9.95. The van der Waals surface area contributed by atoms with Crippen molar-refractivity contribution >= 4 is 16.9 Å². The van der Waals surface area contributed by atoms with Crippen molar-refractivity contribution in [2.24, 2.45) is 0 Å². The van der Waals surface area contributed by atoms with Crippen molar-refractivity contribution in [1.29, 1.82) is 0 Å². The normalized spacial score (nSPS) is 11.2. The molecule has 2 N–H and O–H groups in total. The van der Waals surface area contributed by atoms with E-state index in [1.807, 2.05) is 60.7 Å². The number of aromatic nitrogens is 5. The summed E-state index contributed by atoms with van der Waals surface area (Å²) < 4.78 is 2.17. The van der Waals surface area contributed by atoms with E-state index in [9.17, 15) is 9.90 Å². The molecule has 0 aliphatic rings. The summed E-state index contributed by atoms with van der Waals surface area (Å²) in [6.07, 6.45) is 2.49. The van der Waals surface area contributed by atoms with E-state index in [-0.39, 0.29) is 0 Å². The average molecular weight is 452 g/mol. The van der Waals surface area contributed by atoms with E-state index in [0.29, 0.717) is 17.8 Å². The van der Waals surface area contributed by atoms with Crippen molar-refractivity contribution in [2.45, 2.75) is 32.7 Å². The van der Waals surface area contributed by atoms with Crippen LogP contribution in [-0.4, -0.2) is 36.3 Å². The summed E-state index contributed by atoms with van der Waals surface area (Å²) in [6, 6.07) is 24.0. The van der Waals surface area contributed by atoms with Gasteiger partial charge >= 0.3 is 5.97 Å². The molecule has 7 heteroatoms. The fourth-order valence-electron chi connectivity index (χ4n) is 4.58. The molecule has 2 aromatic heterocycles. The number of carboxylic acid groups (broad SMARTS) is 1. The summed E-state index contributed by atoms with van der Waals surface area (Å²) in [5.41, 5.74) is 6.04. The number of hydrogen-bond acceptors (Lipinski definition) is 4. The third-order valence-corrected chi connectivity index (χ3v) is 6.15. The monoisotopic (exact) mass is 451 g/mol. The molecule has 0 unspecified atom stereocenters. The number of rotatable bonds is 8. The molecule has 0 saturated carbocycles. The second kappa shape index (κ2) is 9.31. The predicted molar refractivity (Wildman–Crippen MR) is 132 cm³/mol. The zero-order chi connectivity index (χ0) is 23.5. The Balaban J connectivity index is 1.65. The first kappa shape index (κ1) is 21.6. The second-order valence-corrected chi connectivity index (χ2v) is 8.31. The third kappa shape index (κ3) is 3.96. The summed E-state index contributed by atoms with van der Waals surface area (Å²) in [5, 5.41) is 25.6. The summed E-state index contributed by atoms with van der Waals surface area (Å²) >= 11 is 0. The van der Waals surface area contributed by atoms with E-state index in [1.165, 1.54) is 0 Å². The van der Waals surface area contributed by atoms with Gasteiger partial charge in [0.25, 0.3) is 0 Å². The van der Waals surface area contributed by atoms with Crippen molar-refractivity contribution in [2.75, 3.05) is 0 Å². The largest absolute Gasteiger partial charge is 0.478 e. The van der Waals surface area contributed by atoms with E-state index in [2.05, 4.69) is 44.2 Å². The van der Waals surface area contributed by atoms with Crippen LogP contribution in [0.25, 0.3) is 33.4 Å². The molecule has 0 bridgehead atoms. The molecule has 3 aromatic carbocycles. The van der Waals surface area contributed by atoms with Crippen LogP contribution in [0.3, 0.4) is 0 Å². The lowest BCUT2D eigenvalue weighted by Crippen LogP contribution is -2.08. The first-order valence-corrected chi connectivity index (χ1v) is 11.4. The molecular formula is C27H25N5O2. The second-order valence-electron chi connectivity index (χ2n) is 8.31. The van der Waals surface area contributed by atoms with E-state index in [0.717, 1.165) is 58.2 Å². The van der Waals surface area contributed by atoms with Gasteiger partial charge < -0.3 is 9.67 Å². The van der Waals surface area contributed by atoms with Gasteiger partial charge in [-0.05, 0) is 40.5 Å². The lowest BCUT2D eigenvalue weighted by molar-refractivity contribution is 0.0697. The highest BCUT2D eigenvalue weighted by Gasteiger charge is 2.22. The van der Waals surface area contributed by atoms with Gasteiger partial charge in [0.2, 0.25) is 5.82 Å². The Morgan fingerprint density at radius 1 is 1.00 bits per heavy atom. The van der Waals surface area contributed by atoms with Crippen LogP contribution in [-0.2, 0) is 13.0 Å². The number of aryl methyl sites for hydroxylation is 1. The number of hydrogen-bond donors (Lipinski definition) is 2. The molecule has 0 fully saturated rings. The maximum Gasteiger partial charge on any atom is 0.338 e. The fraction of sp³-hybridized carbons (Fsp3) is 0.185. The van der Waals surface area contributed by atoms with Crippen LogP contribution in [0.15, 0.2) is 72.8 Å². The van der Waals surface area contributed by atoms with E-state index in [1.54, 1.807) is 0 Å². The maximum absolute atomic E-state index is 12.4. The number of nitrogens with one attached hydrogen (secondary N) is 1. The average Bonchev–Trinajstić information content (AvgIpc) is 3.50. The van der Waals surface area contributed by atoms with Gasteiger partial charge in [0.15, 0.2) is 0 Å². The quantitative estimate of drug-likeness (QED) is 0.321. The Morgan fingerprint density at radius 3 is 2.53 bits per heavy atom. The Morgan fingerprint density at radius 2 is 1.79 bits per heavy atom. The molecule has 0 amide bonds. The molecule has 34 heavy (non-hydrogen) atoms. The van der Waals surface area contributed by atoms with Gasteiger partial charge in [-0.25, -0.2) is 4.79 Å². The molecule has 0 aliphatic heterocycles. The number of para-hydroxylation sites is 1. The van der Waals surface area contributed by atoms with Crippen LogP contribution in [0.5, 0.6) is 0 Å². The summed E-state index contributed by atoms with van der Waals surface area (Å²) in [4.78, 5) is 12.4. The van der Waals surface area contributed by atoms with Gasteiger partial charge in [0.05, 0.1) is 5.56 Å². The van der Waals surface area contributed by atoms with Crippen LogP contribution in [0.1, 0.15) is 41.4 Å².